The molecule has 0 bridgehead atoms. The maximum atomic E-state index is 11.2. The average molecular weight is 182 g/mol. The van der Waals surface area contributed by atoms with Crippen molar-refractivity contribution in [1.82, 2.24) is 5.32 Å². The smallest absolute Gasteiger partial charge is 0.237 e. The number of nitrogens with one attached hydrogen (secondary N) is 1. The van der Waals surface area contributed by atoms with Crippen molar-refractivity contribution in [3.63, 3.8) is 0 Å². The largest absolute Gasteiger partial charge is 0.354 e. The van der Waals surface area contributed by atoms with Crippen LogP contribution in [0.5, 0.6) is 0 Å². The molecule has 3 heteroatoms. The molecule has 3 N–H and O–H groups in total. The van der Waals surface area contributed by atoms with Gasteiger partial charge in [-0.05, 0) is 5.92 Å². The number of carbonyl (C=O) groups is 1. The number of hydrogen-bond donors (Lipinski definition) is 2. The highest BCUT2D eigenvalue weighted by molar-refractivity contribution is 5.81. The summed E-state index contributed by atoms with van der Waals surface area (Å²) in [7, 11) is 0. The molecule has 2 unspecified atom stereocenters. The Kier molecular flexibility index (Phi) is 5.99. The summed E-state index contributed by atoms with van der Waals surface area (Å²) in [6, 6.07) is -0.561. The molecular formula is C10H18N2O. The molecule has 0 aliphatic rings. The normalized spacial score (nSPS) is 14.3. The molecule has 0 radical (unpaired) electrons. The fourth-order valence-corrected chi connectivity index (χ4v) is 0.770. The molecule has 0 aromatic rings. The Hall–Kier alpha value is -1.01. The topological polar surface area (TPSA) is 55.1 Å². The van der Waals surface area contributed by atoms with Crippen molar-refractivity contribution in [3.8, 4) is 12.3 Å². The first-order valence-corrected chi connectivity index (χ1v) is 4.58. The molecule has 2 atom stereocenters. The number of terminal acetylenes is 1. The van der Waals surface area contributed by atoms with Gasteiger partial charge in [-0.3, -0.25) is 4.79 Å². The molecule has 1 amide bonds. The van der Waals surface area contributed by atoms with Crippen LogP contribution >= 0.6 is 0 Å². The Morgan fingerprint density at radius 3 is 2.77 bits per heavy atom. The summed E-state index contributed by atoms with van der Waals surface area (Å²) in [5.41, 5.74) is 5.50. The van der Waals surface area contributed by atoms with E-state index in [-0.39, 0.29) is 5.91 Å². The van der Waals surface area contributed by atoms with E-state index in [1.165, 1.54) is 0 Å². The summed E-state index contributed by atoms with van der Waals surface area (Å²) in [6.45, 7) is 4.83. The van der Waals surface area contributed by atoms with Gasteiger partial charge in [0.15, 0.2) is 0 Å². The van der Waals surface area contributed by atoms with E-state index in [1.807, 2.05) is 0 Å². The average Bonchev–Trinajstić information content (AvgIpc) is 2.13. The maximum absolute atomic E-state index is 11.2. The van der Waals surface area contributed by atoms with E-state index in [1.54, 1.807) is 0 Å². The standard InChI is InChI=1S/C10H18N2O/c1-4-6-9(11)10(13)12-7-8(3)5-2/h1,8-9H,5-7,11H2,2-3H3,(H,12,13). The minimum Gasteiger partial charge on any atom is -0.354 e. The summed E-state index contributed by atoms with van der Waals surface area (Å²) in [5, 5.41) is 2.76. The van der Waals surface area contributed by atoms with Gasteiger partial charge in [-0.1, -0.05) is 20.3 Å². The third-order valence-electron chi connectivity index (χ3n) is 2.00. The van der Waals surface area contributed by atoms with Crippen LogP contribution in [0.25, 0.3) is 0 Å². The summed E-state index contributed by atoms with van der Waals surface area (Å²) >= 11 is 0. The first-order valence-electron chi connectivity index (χ1n) is 4.58. The molecule has 0 heterocycles. The SMILES string of the molecule is C#CCC(N)C(=O)NCC(C)CC. The van der Waals surface area contributed by atoms with E-state index in [4.69, 9.17) is 12.2 Å². The second kappa shape index (κ2) is 6.50. The monoisotopic (exact) mass is 182 g/mol. The molecule has 13 heavy (non-hydrogen) atoms. The highest BCUT2D eigenvalue weighted by Crippen LogP contribution is 1.97. The van der Waals surface area contributed by atoms with E-state index in [0.29, 0.717) is 18.9 Å². The Morgan fingerprint density at radius 2 is 2.31 bits per heavy atom. The van der Waals surface area contributed by atoms with Gasteiger partial charge in [-0.25, -0.2) is 0 Å². The zero-order chi connectivity index (χ0) is 10.3. The van der Waals surface area contributed by atoms with Crippen molar-refractivity contribution in [2.75, 3.05) is 6.54 Å². The predicted octanol–water partition coefficient (Wildman–Crippen LogP) is 0.499. The van der Waals surface area contributed by atoms with Crippen LogP contribution in [-0.4, -0.2) is 18.5 Å². The third-order valence-corrected chi connectivity index (χ3v) is 2.00. The van der Waals surface area contributed by atoms with E-state index in [2.05, 4.69) is 25.1 Å². The molecule has 3 nitrogen and oxygen atoms in total. The number of amides is 1. The van der Waals surface area contributed by atoms with E-state index < -0.39 is 6.04 Å². The van der Waals surface area contributed by atoms with E-state index >= 15 is 0 Å². The zero-order valence-corrected chi connectivity index (χ0v) is 8.34. The van der Waals surface area contributed by atoms with Gasteiger partial charge >= 0.3 is 0 Å². The Balaban J connectivity index is 3.69. The van der Waals surface area contributed by atoms with Crippen LogP contribution in [-0.2, 0) is 4.79 Å². The third kappa shape index (κ3) is 5.26. The molecular weight excluding hydrogens is 164 g/mol. The van der Waals surface area contributed by atoms with Gasteiger partial charge in [0.2, 0.25) is 5.91 Å². The summed E-state index contributed by atoms with van der Waals surface area (Å²) in [5.74, 6) is 2.70. The molecule has 0 aromatic heterocycles. The minimum atomic E-state index is -0.561. The first kappa shape index (κ1) is 12.0. The van der Waals surface area contributed by atoms with Crippen molar-refractivity contribution in [3.05, 3.63) is 0 Å². The Labute approximate surface area is 80.1 Å². The number of carbonyl (C=O) groups excluding carboxylic acids is 1. The van der Waals surface area contributed by atoms with Crippen LogP contribution < -0.4 is 11.1 Å². The van der Waals surface area contributed by atoms with Crippen molar-refractivity contribution in [2.24, 2.45) is 11.7 Å². The van der Waals surface area contributed by atoms with Crippen molar-refractivity contribution < 1.29 is 4.79 Å². The molecule has 0 aliphatic carbocycles. The highest BCUT2D eigenvalue weighted by Gasteiger charge is 2.11. The fourth-order valence-electron chi connectivity index (χ4n) is 0.770. The lowest BCUT2D eigenvalue weighted by molar-refractivity contribution is -0.122. The summed E-state index contributed by atoms with van der Waals surface area (Å²) < 4.78 is 0. The second-order valence-corrected chi connectivity index (χ2v) is 3.27. The van der Waals surface area contributed by atoms with Crippen molar-refractivity contribution >= 4 is 5.91 Å². The lowest BCUT2D eigenvalue weighted by Crippen LogP contribution is -2.41. The molecule has 0 aliphatic heterocycles. The van der Waals surface area contributed by atoms with Crippen LogP contribution in [0, 0.1) is 18.3 Å². The first-order chi connectivity index (χ1) is 6.11. The van der Waals surface area contributed by atoms with Gasteiger partial charge in [0, 0.05) is 13.0 Å². The molecule has 0 saturated carbocycles. The minimum absolute atomic E-state index is 0.154. The van der Waals surface area contributed by atoms with Gasteiger partial charge in [0.05, 0.1) is 6.04 Å². The molecule has 0 aromatic carbocycles. The molecule has 74 valence electrons. The Morgan fingerprint density at radius 1 is 1.69 bits per heavy atom. The van der Waals surface area contributed by atoms with Crippen LogP contribution in [0.15, 0.2) is 0 Å². The van der Waals surface area contributed by atoms with Gasteiger partial charge < -0.3 is 11.1 Å². The van der Waals surface area contributed by atoms with E-state index in [0.717, 1.165) is 6.42 Å². The van der Waals surface area contributed by atoms with E-state index in [9.17, 15) is 4.79 Å². The highest BCUT2D eigenvalue weighted by atomic mass is 16.2. The number of hydrogen-bond acceptors (Lipinski definition) is 2. The van der Waals surface area contributed by atoms with Crippen LogP contribution in [0.3, 0.4) is 0 Å². The van der Waals surface area contributed by atoms with Gasteiger partial charge in [-0.15, -0.1) is 12.3 Å². The lowest BCUT2D eigenvalue weighted by atomic mass is 10.1. The van der Waals surface area contributed by atoms with Gasteiger partial charge in [-0.2, -0.15) is 0 Å². The fraction of sp³-hybridized carbons (Fsp3) is 0.700. The van der Waals surface area contributed by atoms with Crippen LogP contribution in [0.2, 0.25) is 0 Å². The summed E-state index contributed by atoms with van der Waals surface area (Å²) in [4.78, 5) is 11.2. The zero-order valence-electron chi connectivity index (χ0n) is 8.34. The summed E-state index contributed by atoms with van der Waals surface area (Å²) in [6.07, 6.45) is 6.38. The van der Waals surface area contributed by atoms with Gasteiger partial charge in [0.25, 0.3) is 0 Å². The molecule has 0 saturated heterocycles. The van der Waals surface area contributed by atoms with Gasteiger partial charge in [0.1, 0.15) is 0 Å². The number of rotatable bonds is 5. The quantitative estimate of drug-likeness (QED) is 0.608. The molecule has 0 fully saturated rings. The van der Waals surface area contributed by atoms with Crippen molar-refractivity contribution in [2.45, 2.75) is 32.7 Å². The number of nitrogens with two attached hydrogens (primary N) is 1. The second-order valence-electron chi connectivity index (χ2n) is 3.27. The molecule has 0 rings (SSSR count). The maximum Gasteiger partial charge on any atom is 0.237 e. The van der Waals surface area contributed by atoms with Crippen LogP contribution in [0.4, 0.5) is 0 Å². The predicted molar refractivity (Wildman–Crippen MR) is 53.9 cm³/mol. The lowest BCUT2D eigenvalue weighted by Gasteiger charge is -2.12. The van der Waals surface area contributed by atoms with Crippen molar-refractivity contribution in [1.29, 1.82) is 0 Å². The Bertz CT molecular complexity index is 196. The molecule has 0 spiro atoms. The van der Waals surface area contributed by atoms with Crippen LogP contribution in [0.1, 0.15) is 26.7 Å².